The Hall–Kier alpha value is -5.20. The second-order valence-electron chi connectivity index (χ2n) is 8.66. The molecule has 0 fully saturated rings. The van der Waals surface area contributed by atoms with Crippen LogP contribution in [0.1, 0.15) is 40.3 Å². The van der Waals surface area contributed by atoms with Crippen molar-refractivity contribution in [1.82, 2.24) is 0 Å². The van der Waals surface area contributed by atoms with Gasteiger partial charge in [0.1, 0.15) is 27.4 Å². The molecule has 0 saturated heterocycles. The van der Waals surface area contributed by atoms with Gasteiger partial charge in [0.2, 0.25) is 0 Å². The van der Waals surface area contributed by atoms with E-state index in [1.807, 2.05) is 0 Å². The lowest BCUT2D eigenvalue weighted by atomic mass is 10.0. The van der Waals surface area contributed by atoms with Gasteiger partial charge in [0.15, 0.2) is 11.4 Å². The van der Waals surface area contributed by atoms with E-state index in [9.17, 15) is 22.8 Å². The summed E-state index contributed by atoms with van der Waals surface area (Å²) in [5.41, 5.74) is 0.890. The number of alkyl halides is 3. The van der Waals surface area contributed by atoms with Crippen LogP contribution in [0.15, 0.2) is 88.3 Å². The fourth-order valence-electron chi connectivity index (χ4n) is 3.81. The lowest BCUT2D eigenvalue weighted by Gasteiger charge is -2.13. The third-order valence-electron chi connectivity index (χ3n) is 5.87. The maximum Gasteiger partial charge on any atom is 0.416 e. The molecule has 3 aromatic carbocycles. The number of hydrogen-bond donors (Lipinski definition) is 0. The molecule has 0 radical (unpaired) electrons. The molecule has 0 aliphatic rings. The first-order chi connectivity index (χ1) is 20.6. The Bertz CT molecular complexity index is 1540. The van der Waals surface area contributed by atoms with E-state index in [1.165, 1.54) is 40.4 Å². The molecule has 0 atom stereocenters. The van der Waals surface area contributed by atoms with Crippen LogP contribution in [0.3, 0.4) is 0 Å². The summed E-state index contributed by atoms with van der Waals surface area (Å²) in [7, 11) is 3.73. The van der Waals surface area contributed by atoms with Gasteiger partial charge in [0, 0.05) is 16.7 Å². The van der Waals surface area contributed by atoms with Crippen molar-refractivity contribution in [3.8, 4) is 0 Å². The van der Waals surface area contributed by atoms with Gasteiger partial charge in [-0.15, -0.1) is 0 Å². The molecule has 0 heterocycles. The summed E-state index contributed by atoms with van der Waals surface area (Å²) in [6.07, 6.45) is -4.50. The maximum atomic E-state index is 13.2. The van der Waals surface area contributed by atoms with Crippen LogP contribution in [0, 0.1) is 0 Å². The SMILES string of the molecule is CO/N=C(/C(=O)OC)c1ccccc1COC(=O)/C(=N/OC)c1ccccc1CO/N=C(\C)c1cccc(C(F)(F)F)c1. The van der Waals surface area contributed by atoms with Gasteiger partial charge in [0.05, 0.1) is 18.4 Å². The summed E-state index contributed by atoms with van der Waals surface area (Å²) in [4.78, 5) is 40.5. The first-order valence-corrected chi connectivity index (χ1v) is 12.6. The summed E-state index contributed by atoms with van der Waals surface area (Å²) in [5, 5.41) is 11.5. The van der Waals surface area contributed by atoms with Crippen LogP contribution in [0.4, 0.5) is 13.2 Å². The lowest BCUT2D eigenvalue weighted by molar-refractivity contribution is -0.138. The molecule has 0 aliphatic heterocycles. The van der Waals surface area contributed by atoms with Crippen LogP contribution in [0.25, 0.3) is 0 Å². The summed E-state index contributed by atoms with van der Waals surface area (Å²) in [5.74, 6) is -1.60. The van der Waals surface area contributed by atoms with Crippen molar-refractivity contribution in [2.24, 2.45) is 15.5 Å². The van der Waals surface area contributed by atoms with E-state index in [2.05, 4.69) is 15.5 Å². The molecule has 0 aromatic heterocycles. The molecule has 226 valence electrons. The fourth-order valence-corrected chi connectivity index (χ4v) is 3.81. The molecule has 13 heteroatoms. The predicted molar refractivity (Wildman–Crippen MR) is 150 cm³/mol. The van der Waals surface area contributed by atoms with Gasteiger partial charge in [0.25, 0.3) is 0 Å². The zero-order valence-corrected chi connectivity index (χ0v) is 23.7. The Morgan fingerprint density at radius 2 is 1.28 bits per heavy atom. The Balaban J connectivity index is 1.79. The molecule has 0 amide bonds. The minimum Gasteiger partial charge on any atom is -0.464 e. The van der Waals surface area contributed by atoms with Crippen LogP contribution < -0.4 is 0 Å². The molecule has 43 heavy (non-hydrogen) atoms. The van der Waals surface area contributed by atoms with Gasteiger partial charge < -0.3 is 24.0 Å². The topological polar surface area (TPSA) is 117 Å². The Morgan fingerprint density at radius 1 is 0.721 bits per heavy atom. The molecule has 0 unspecified atom stereocenters. The number of esters is 2. The second kappa shape index (κ2) is 15.1. The summed E-state index contributed by atoms with van der Waals surface area (Å²) in [6.45, 7) is 1.09. The number of methoxy groups -OCH3 is 1. The molecule has 0 bridgehead atoms. The van der Waals surface area contributed by atoms with Crippen LogP contribution in [0.2, 0.25) is 0 Å². The number of ether oxygens (including phenoxy) is 2. The van der Waals surface area contributed by atoms with E-state index in [1.54, 1.807) is 48.5 Å². The number of carbonyl (C=O) groups is 2. The fraction of sp³-hybridized carbons (Fsp3) is 0.233. The van der Waals surface area contributed by atoms with E-state index >= 15 is 0 Å². The number of halogens is 3. The quantitative estimate of drug-likeness (QED) is 0.158. The van der Waals surface area contributed by atoms with Crippen molar-refractivity contribution in [3.05, 3.63) is 106 Å². The van der Waals surface area contributed by atoms with Gasteiger partial charge in [-0.3, -0.25) is 0 Å². The second-order valence-corrected chi connectivity index (χ2v) is 8.66. The van der Waals surface area contributed by atoms with Gasteiger partial charge in [-0.1, -0.05) is 76.1 Å². The van der Waals surface area contributed by atoms with Crippen molar-refractivity contribution in [2.45, 2.75) is 26.3 Å². The van der Waals surface area contributed by atoms with Gasteiger partial charge in [-0.05, 0) is 30.2 Å². The van der Waals surface area contributed by atoms with Crippen molar-refractivity contribution < 1.29 is 46.7 Å². The number of rotatable bonds is 12. The molecule has 0 aliphatic carbocycles. The van der Waals surface area contributed by atoms with Crippen molar-refractivity contribution in [3.63, 3.8) is 0 Å². The third-order valence-corrected chi connectivity index (χ3v) is 5.87. The smallest absolute Gasteiger partial charge is 0.416 e. The molecule has 3 rings (SSSR count). The normalized spacial score (nSPS) is 12.4. The lowest BCUT2D eigenvalue weighted by Crippen LogP contribution is -2.23. The first kappa shape index (κ1) is 32.3. The average Bonchev–Trinajstić information content (AvgIpc) is 3.01. The number of oxime groups is 3. The molecule has 0 N–H and O–H groups in total. The van der Waals surface area contributed by atoms with E-state index < -0.39 is 23.7 Å². The molecule has 3 aromatic rings. The van der Waals surface area contributed by atoms with E-state index in [4.69, 9.17) is 24.0 Å². The highest BCUT2D eigenvalue weighted by atomic mass is 19.4. The summed E-state index contributed by atoms with van der Waals surface area (Å²) in [6, 6.07) is 17.9. The monoisotopic (exact) mass is 599 g/mol. The van der Waals surface area contributed by atoms with Crippen molar-refractivity contribution >= 4 is 29.1 Å². The van der Waals surface area contributed by atoms with E-state index in [0.717, 1.165) is 12.1 Å². The van der Waals surface area contributed by atoms with E-state index in [-0.39, 0.29) is 35.9 Å². The van der Waals surface area contributed by atoms with Crippen LogP contribution in [-0.2, 0) is 53.0 Å². The molecular formula is C30H28F3N3O7. The van der Waals surface area contributed by atoms with E-state index in [0.29, 0.717) is 22.3 Å². The minimum absolute atomic E-state index is 0.120. The molecule has 0 saturated carbocycles. The highest BCUT2D eigenvalue weighted by molar-refractivity contribution is 6.44. The highest BCUT2D eigenvalue weighted by Gasteiger charge is 2.30. The molecular weight excluding hydrogens is 571 g/mol. The molecule has 0 spiro atoms. The zero-order chi connectivity index (χ0) is 31.4. The van der Waals surface area contributed by atoms with Crippen LogP contribution in [0.5, 0.6) is 0 Å². The van der Waals surface area contributed by atoms with Gasteiger partial charge in [-0.2, -0.15) is 13.2 Å². The Morgan fingerprint density at radius 3 is 1.84 bits per heavy atom. The molecule has 10 nitrogen and oxygen atoms in total. The number of carbonyl (C=O) groups excluding carboxylic acids is 2. The Kier molecular flexibility index (Phi) is 11.4. The van der Waals surface area contributed by atoms with Gasteiger partial charge >= 0.3 is 18.1 Å². The van der Waals surface area contributed by atoms with Crippen LogP contribution >= 0.6 is 0 Å². The Labute approximate surface area is 245 Å². The highest BCUT2D eigenvalue weighted by Crippen LogP contribution is 2.29. The van der Waals surface area contributed by atoms with Gasteiger partial charge in [-0.25, -0.2) is 9.59 Å². The average molecular weight is 600 g/mol. The maximum absolute atomic E-state index is 13.2. The summed E-state index contributed by atoms with van der Waals surface area (Å²) >= 11 is 0. The third kappa shape index (κ3) is 8.64. The largest absolute Gasteiger partial charge is 0.464 e. The zero-order valence-electron chi connectivity index (χ0n) is 23.7. The number of benzene rings is 3. The van der Waals surface area contributed by atoms with Crippen LogP contribution in [-0.4, -0.2) is 50.4 Å². The van der Waals surface area contributed by atoms with Crippen molar-refractivity contribution in [2.75, 3.05) is 21.3 Å². The van der Waals surface area contributed by atoms with Crippen molar-refractivity contribution in [1.29, 1.82) is 0 Å². The standard InChI is InChI=1S/C30H28F3N3O7/c1-19(20-12-9-13-23(16-20)30(31,32)33)34-43-18-22-11-6-8-15-25(22)27(36-41-4)29(38)42-17-21-10-5-7-14-24(21)26(35-40-3)28(37)39-2/h5-16H,17-18H2,1-4H3/b34-19+,35-26+,36-27+. The predicted octanol–water partition coefficient (Wildman–Crippen LogP) is 5.26. The minimum atomic E-state index is -4.50. The number of nitrogens with zero attached hydrogens (tertiary/aromatic N) is 3. The number of hydrogen-bond acceptors (Lipinski definition) is 10. The summed E-state index contributed by atoms with van der Waals surface area (Å²) < 4.78 is 49.5. The first-order valence-electron chi connectivity index (χ1n) is 12.6.